The second-order valence-electron chi connectivity index (χ2n) is 4.20. The van der Waals surface area contributed by atoms with Crippen molar-refractivity contribution in [1.82, 2.24) is 10.2 Å². The Morgan fingerprint density at radius 1 is 1.27 bits per heavy atom. The Kier molecular flexibility index (Phi) is 6.56. The number of aromatic nitrogens is 2. The fourth-order valence-corrected chi connectivity index (χ4v) is 2.87. The number of sulfonamides is 1. The van der Waals surface area contributed by atoms with Gasteiger partial charge in [-0.25, -0.2) is 13.6 Å². The van der Waals surface area contributed by atoms with E-state index in [9.17, 15) is 13.2 Å². The third-order valence-electron chi connectivity index (χ3n) is 2.52. The molecule has 2 aromatic rings. The van der Waals surface area contributed by atoms with E-state index in [2.05, 4.69) is 15.5 Å². The second-order valence-corrected chi connectivity index (χ2v) is 6.92. The van der Waals surface area contributed by atoms with Gasteiger partial charge in [0.15, 0.2) is 0 Å². The summed E-state index contributed by atoms with van der Waals surface area (Å²) in [7, 11) is -3.92. The maximum Gasteiger partial charge on any atom is 0.267 e. The summed E-state index contributed by atoms with van der Waals surface area (Å²) in [6.45, 7) is 0. The molecule has 0 fully saturated rings. The molecule has 22 heavy (non-hydrogen) atoms. The lowest BCUT2D eigenvalue weighted by Gasteiger charge is -2.10. The molecule has 11 heteroatoms. The van der Waals surface area contributed by atoms with Gasteiger partial charge in [-0.05, 0) is 12.0 Å². The third-order valence-corrected chi connectivity index (χ3v) is 4.66. The van der Waals surface area contributed by atoms with Crippen molar-refractivity contribution < 1.29 is 13.2 Å². The topological polar surface area (TPSA) is 141 Å². The largest absolute Gasteiger partial charge is 0.320 e. The van der Waals surface area contributed by atoms with E-state index in [0.29, 0.717) is 17.8 Å². The van der Waals surface area contributed by atoms with Crippen molar-refractivity contribution in [2.45, 2.75) is 16.8 Å². The molecule has 0 aliphatic carbocycles. The fraction of sp³-hybridized carbons (Fsp3) is 0.182. The van der Waals surface area contributed by atoms with Crippen LogP contribution in [0.15, 0.2) is 34.7 Å². The summed E-state index contributed by atoms with van der Waals surface area (Å²) in [5.41, 5.74) is 6.71. The normalized spacial score (nSPS) is 12.3. The van der Waals surface area contributed by atoms with Crippen LogP contribution in [0.25, 0.3) is 0 Å². The first-order valence-corrected chi connectivity index (χ1v) is 8.19. The zero-order valence-electron chi connectivity index (χ0n) is 11.2. The van der Waals surface area contributed by atoms with E-state index in [1.807, 2.05) is 30.3 Å². The highest BCUT2D eigenvalue weighted by atomic mass is 79.9. The standard InChI is InChI=1S/C11H13N5O3S2.BrH/c12-8(6-7-4-2-1-3-5-7)9(17)14-10-15-16-11(20-10)21(13,18)19;/h1-5,8H,6,12H2,(H2,13,18,19)(H,14,15,17);1H/t8-;/m0./s1. The number of hydrogen-bond acceptors (Lipinski definition) is 7. The Hall–Kier alpha value is -1.40. The lowest BCUT2D eigenvalue weighted by atomic mass is 10.1. The van der Waals surface area contributed by atoms with Crippen molar-refractivity contribution in [1.29, 1.82) is 0 Å². The summed E-state index contributed by atoms with van der Waals surface area (Å²) in [6, 6.07) is 8.50. The summed E-state index contributed by atoms with van der Waals surface area (Å²) < 4.78 is 21.7. The smallest absolute Gasteiger partial charge is 0.267 e. The fourth-order valence-electron chi connectivity index (χ4n) is 1.53. The summed E-state index contributed by atoms with van der Waals surface area (Å²) in [6.07, 6.45) is 0.355. The minimum atomic E-state index is -3.92. The molecule has 1 heterocycles. The molecule has 0 spiro atoms. The quantitative estimate of drug-likeness (QED) is 0.607. The van der Waals surface area contributed by atoms with Crippen molar-refractivity contribution in [3.05, 3.63) is 35.9 Å². The minimum Gasteiger partial charge on any atom is -0.320 e. The van der Waals surface area contributed by atoms with Gasteiger partial charge in [0, 0.05) is 0 Å². The van der Waals surface area contributed by atoms with Crippen molar-refractivity contribution in [3.8, 4) is 0 Å². The van der Waals surface area contributed by atoms with Crippen molar-refractivity contribution in [3.63, 3.8) is 0 Å². The maximum atomic E-state index is 11.9. The second kappa shape index (κ2) is 7.74. The Balaban J connectivity index is 0.00000242. The highest BCUT2D eigenvalue weighted by Gasteiger charge is 2.19. The van der Waals surface area contributed by atoms with Crippen LogP contribution in [0.5, 0.6) is 0 Å². The zero-order valence-corrected chi connectivity index (χ0v) is 14.5. The van der Waals surface area contributed by atoms with Crippen LogP contribution in [0, 0.1) is 0 Å². The zero-order chi connectivity index (χ0) is 15.5. The molecular weight excluding hydrogens is 394 g/mol. The number of primary sulfonamides is 1. The molecule has 1 atom stereocenters. The molecule has 0 bridgehead atoms. The molecule has 5 N–H and O–H groups in total. The van der Waals surface area contributed by atoms with E-state index in [0.717, 1.165) is 5.56 Å². The molecule has 0 saturated heterocycles. The molecule has 1 aromatic heterocycles. The number of carbonyl (C=O) groups is 1. The van der Waals surface area contributed by atoms with Crippen LogP contribution in [0.3, 0.4) is 0 Å². The molecule has 1 aromatic carbocycles. The van der Waals surface area contributed by atoms with Gasteiger partial charge < -0.3 is 5.73 Å². The molecule has 8 nitrogen and oxygen atoms in total. The van der Waals surface area contributed by atoms with Gasteiger partial charge in [-0.15, -0.1) is 27.2 Å². The number of benzene rings is 1. The molecule has 2 rings (SSSR count). The highest BCUT2D eigenvalue weighted by Crippen LogP contribution is 2.18. The van der Waals surface area contributed by atoms with Crippen LogP contribution in [0.4, 0.5) is 5.13 Å². The molecule has 0 unspecified atom stereocenters. The van der Waals surface area contributed by atoms with E-state index in [-0.39, 0.29) is 26.5 Å². The Labute approximate surface area is 141 Å². The van der Waals surface area contributed by atoms with Crippen LogP contribution in [-0.4, -0.2) is 30.6 Å². The summed E-state index contributed by atoms with van der Waals surface area (Å²) in [5, 5.41) is 14.3. The number of nitrogens with one attached hydrogen (secondary N) is 1. The number of carbonyl (C=O) groups excluding carboxylic acids is 1. The van der Waals surface area contributed by atoms with Crippen LogP contribution < -0.4 is 16.2 Å². The van der Waals surface area contributed by atoms with Gasteiger partial charge in [0.05, 0.1) is 6.04 Å². The number of rotatable bonds is 5. The van der Waals surface area contributed by atoms with Gasteiger partial charge in [0.2, 0.25) is 15.4 Å². The predicted molar refractivity (Wildman–Crippen MR) is 88.4 cm³/mol. The Bertz CT molecular complexity index is 735. The SMILES string of the molecule is Br.N[C@@H](Cc1ccccc1)C(=O)Nc1nnc(S(N)(=O)=O)s1. The van der Waals surface area contributed by atoms with Gasteiger partial charge >= 0.3 is 0 Å². The third kappa shape index (κ3) is 5.10. The molecular formula is C11H14BrN5O3S2. The molecule has 0 aliphatic rings. The number of nitrogens with zero attached hydrogens (tertiary/aromatic N) is 2. The average Bonchev–Trinajstić information content (AvgIpc) is 2.88. The van der Waals surface area contributed by atoms with Crippen molar-refractivity contribution in [2.75, 3.05) is 5.32 Å². The van der Waals surface area contributed by atoms with Crippen molar-refractivity contribution in [2.24, 2.45) is 10.9 Å². The number of hydrogen-bond donors (Lipinski definition) is 3. The lowest BCUT2D eigenvalue weighted by molar-refractivity contribution is -0.117. The summed E-state index contributed by atoms with van der Waals surface area (Å²) >= 11 is 0.669. The first-order valence-electron chi connectivity index (χ1n) is 5.83. The summed E-state index contributed by atoms with van der Waals surface area (Å²) in [5.74, 6) is -0.476. The molecule has 0 radical (unpaired) electrons. The van der Waals surface area contributed by atoms with Gasteiger partial charge in [-0.1, -0.05) is 41.7 Å². The van der Waals surface area contributed by atoms with E-state index < -0.39 is 22.0 Å². The Morgan fingerprint density at radius 2 is 1.91 bits per heavy atom. The van der Waals surface area contributed by atoms with Crippen LogP contribution in [0.1, 0.15) is 5.56 Å². The van der Waals surface area contributed by atoms with Gasteiger partial charge in [0.25, 0.3) is 10.0 Å². The van der Waals surface area contributed by atoms with Gasteiger partial charge in [0.1, 0.15) is 0 Å². The van der Waals surface area contributed by atoms with Crippen LogP contribution >= 0.6 is 28.3 Å². The molecule has 0 aliphatic heterocycles. The van der Waals surface area contributed by atoms with E-state index in [1.165, 1.54) is 0 Å². The van der Waals surface area contributed by atoms with E-state index in [1.54, 1.807) is 0 Å². The summed E-state index contributed by atoms with van der Waals surface area (Å²) in [4.78, 5) is 11.9. The van der Waals surface area contributed by atoms with Crippen LogP contribution in [-0.2, 0) is 21.2 Å². The first kappa shape index (κ1) is 18.6. The predicted octanol–water partition coefficient (Wildman–Crippen LogP) is 0.272. The average molecular weight is 408 g/mol. The number of anilines is 1. The lowest BCUT2D eigenvalue weighted by Crippen LogP contribution is -2.37. The number of amides is 1. The van der Waals surface area contributed by atoms with E-state index >= 15 is 0 Å². The van der Waals surface area contributed by atoms with Crippen molar-refractivity contribution >= 4 is 49.4 Å². The minimum absolute atomic E-state index is 0. The molecule has 1 amide bonds. The van der Waals surface area contributed by atoms with E-state index in [4.69, 9.17) is 10.9 Å². The monoisotopic (exact) mass is 407 g/mol. The Morgan fingerprint density at radius 3 is 2.45 bits per heavy atom. The van der Waals surface area contributed by atoms with Gasteiger partial charge in [-0.2, -0.15) is 0 Å². The van der Waals surface area contributed by atoms with Crippen LogP contribution in [0.2, 0.25) is 0 Å². The number of halogens is 1. The molecule has 120 valence electrons. The highest BCUT2D eigenvalue weighted by molar-refractivity contribution is 8.93. The maximum absolute atomic E-state index is 11.9. The molecule has 0 saturated carbocycles. The first-order chi connectivity index (χ1) is 9.86. The van der Waals surface area contributed by atoms with Gasteiger partial charge in [-0.3, -0.25) is 10.1 Å². The number of nitrogens with two attached hydrogens (primary N) is 2.